The van der Waals surface area contributed by atoms with Crippen LogP contribution in [-0.2, 0) is 4.74 Å². The Morgan fingerprint density at radius 3 is 2.64 bits per heavy atom. The summed E-state index contributed by atoms with van der Waals surface area (Å²) in [6, 6.07) is 10.4. The first-order valence-electron chi connectivity index (χ1n) is 5.27. The maximum Gasteiger partial charge on any atom is 0.129 e. The highest BCUT2D eigenvalue weighted by Gasteiger charge is 2.18. The zero-order valence-corrected chi connectivity index (χ0v) is 8.65. The number of para-hydroxylation sites is 1. The summed E-state index contributed by atoms with van der Waals surface area (Å²) >= 11 is 0. The summed E-state index contributed by atoms with van der Waals surface area (Å²) in [4.78, 5) is 2.22. The van der Waals surface area contributed by atoms with Crippen LogP contribution in [0.5, 0.6) is 0 Å². The van der Waals surface area contributed by atoms with Gasteiger partial charge in [-0.15, -0.1) is 0 Å². The van der Waals surface area contributed by atoms with Crippen LogP contribution in [0.15, 0.2) is 30.3 Å². The molecule has 0 aliphatic carbocycles. The highest BCUT2D eigenvalue weighted by atomic mass is 16.5. The van der Waals surface area contributed by atoms with Crippen molar-refractivity contribution in [3.05, 3.63) is 30.3 Å². The van der Waals surface area contributed by atoms with Crippen LogP contribution in [0.1, 0.15) is 19.3 Å². The van der Waals surface area contributed by atoms with Gasteiger partial charge in [0.05, 0.1) is 0 Å². The first-order valence-corrected chi connectivity index (χ1v) is 5.27. The van der Waals surface area contributed by atoms with E-state index in [1.54, 1.807) is 0 Å². The van der Waals surface area contributed by atoms with Crippen LogP contribution in [0.2, 0.25) is 0 Å². The fourth-order valence-electron chi connectivity index (χ4n) is 1.86. The number of rotatable bonds is 2. The van der Waals surface area contributed by atoms with Gasteiger partial charge in [0.25, 0.3) is 0 Å². The van der Waals surface area contributed by atoms with Gasteiger partial charge in [-0.3, -0.25) is 0 Å². The largest absolute Gasteiger partial charge is 0.358 e. The number of hydrogen-bond acceptors (Lipinski definition) is 2. The van der Waals surface area contributed by atoms with E-state index in [9.17, 15) is 0 Å². The van der Waals surface area contributed by atoms with E-state index in [1.807, 2.05) is 6.07 Å². The lowest BCUT2D eigenvalue weighted by Gasteiger charge is -2.32. The van der Waals surface area contributed by atoms with Crippen molar-refractivity contribution >= 4 is 5.69 Å². The zero-order valence-electron chi connectivity index (χ0n) is 8.65. The molecule has 0 amide bonds. The monoisotopic (exact) mass is 191 g/mol. The van der Waals surface area contributed by atoms with Crippen molar-refractivity contribution in [2.45, 2.75) is 25.5 Å². The topological polar surface area (TPSA) is 12.5 Å². The number of benzene rings is 1. The maximum absolute atomic E-state index is 5.72. The minimum Gasteiger partial charge on any atom is -0.358 e. The normalized spacial score (nSPS) is 21.9. The Hall–Kier alpha value is -1.02. The maximum atomic E-state index is 5.72. The average Bonchev–Trinajstić information content (AvgIpc) is 2.30. The number of hydrogen-bond donors (Lipinski definition) is 0. The predicted molar refractivity (Wildman–Crippen MR) is 58.4 cm³/mol. The van der Waals surface area contributed by atoms with E-state index >= 15 is 0 Å². The molecule has 0 N–H and O–H groups in total. The van der Waals surface area contributed by atoms with Crippen LogP contribution in [0.3, 0.4) is 0 Å². The van der Waals surface area contributed by atoms with E-state index in [1.165, 1.54) is 18.5 Å². The van der Waals surface area contributed by atoms with Crippen LogP contribution >= 0.6 is 0 Å². The molecule has 0 bridgehead atoms. The fourth-order valence-corrected chi connectivity index (χ4v) is 1.86. The molecule has 0 spiro atoms. The lowest BCUT2D eigenvalue weighted by Crippen LogP contribution is -2.36. The molecule has 1 aromatic carbocycles. The molecule has 0 aromatic heterocycles. The summed E-state index contributed by atoms with van der Waals surface area (Å²) < 4.78 is 5.72. The Bertz CT molecular complexity index is 267. The Labute approximate surface area is 85.5 Å². The molecule has 1 aliphatic rings. The molecule has 2 rings (SSSR count). The summed E-state index contributed by atoms with van der Waals surface area (Å²) in [7, 11) is 2.10. The van der Waals surface area contributed by atoms with Crippen LogP contribution in [-0.4, -0.2) is 19.9 Å². The zero-order chi connectivity index (χ0) is 9.80. The SMILES string of the molecule is CN(c1ccccc1)C1CCCCO1. The van der Waals surface area contributed by atoms with E-state index in [-0.39, 0.29) is 6.23 Å². The van der Waals surface area contributed by atoms with E-state index in [4.69, 9.17) is 4.74 Å². The van der Waals surface area contributed by atoms with Crippen molar-refractivity contribution in [2.24, 2.45) is 0 Å². The third-order valence-electron chi connectivity index (χ3n) is 2.75. The number of anilines is 1. The minimum atomic E-state index is 0.270. The molecule has 1 aliphatic heterocycles. The van der Waals surface area contributed by atoms with Crippen molar-refractivity contribution in [3.8, 4) is 0 Å². The second-order valence-electron chi connectivity index (χ2n) is 3.77. The van der Waals surface area contributed by atoms with Crippen molar-refractivity contribution in [1.29, 1.82) is 0 Å². The fraction of sp³-hybridized carbons (Fsp3) is 0.500. The Morgan fingerprint density at radius 1 is 1.21 bits per heavy atom. The van der Waals surface area contributed by atoms with Gasteiger partial charge in [0, 0.05) is 19.3 Å². The Balaban J connectivity index is 2.03. The van der Waals surface area contributed by atoms with Crippen molar-refractivity contribution in [1.82, 2.24) is 0 Å². The van der Waals surface area contributed by atoms with Gasteiger partial charge in [0.2, 0.25) is 0 Å². The third-order valence-corrected chi connectivity index (χ3v) is 2.75. The summed E-state index contributed by atoms with van der Waals surface area (Å²) in [6.07, 6.45) is 3.90. The van der Waals surface area contributed by atoms with E-state index in [0.29, 0.717) is 0 Å². The first-order chi connectivity index (χ1) is 6.88. The van der Waals surface area contributed by atoms with Gasteiger partial charge in [-0.2, -0.15) is 0 Å². The van der Waals surface area contributed by atoms with Crippen LogP contribution in [0.4, 0.5) is 5.69 Å². The van der Waals surface area contributed by atoms with E-state index < -0.39 is 0 Å². The molecule has 1 aromatic rings. The molecule has 76 valence electrons. The quantitative estimate of drug-likeness (QED) is 0.712. The van der Waals surface area contributed by atoms with E-state index in [2.05, 4.69) is 36.2 Å². The van der Waals surface area contributed by atoms with E-state index in [0.717, 1.165) is 13.0 Å². The standard InChI is InChI=1S/C12H17NO/c1-13(11-7-3-2-4-8-11)12-9-5-6-10-14-12/h2-4,7-8,12H,5-6,9-10H2,1H3. The van der Waals surface area contributed by atoms with Crippen LogP contribution in [0, 0.1) is 0 Å². The summed E-state index contributed by atoms with van der Waals surface area (Å²) in [5, 5.41) is 0. The van der Waals surface area contributed by atoms with Gasteiger partial charge >= 0.3 is 0 Å². The Kier molecular flexibility index (Phi) is 3.04. The van der Waals surface area contributed by atoms with Gasteiger partial charge in [-0.1, -0.05) is 18.2 Å². The summed E-state index contributed by atoms with van der Waals surface area (Å²) in [6.45, 7) is 0.905. The van der Waals surface area contributed by atoms with Gasteiger partial charge in [0.15, 0.2) is 0 Å². The molecule has 14 heavy (non-hydrogen) atoms. The molecular weight excluding hydrogens is 174 g/mol. The minimum absolute atomic E-state index is 0.270. The first kappa shape index (κ1) is 9.53. The molecular formula is C12H17NO. The van der Waals surface area contributed by atoms with Crippen molar-refractivity contribution in [2.75, 3.05) is 18.6 Å². The predicted octanol–water partition coefficient (Wildman–Crippen LogP) is 2.65. The lowest BCUT2D eigenvalue weighted by atomic mass is 10.1. The van der Waals surface area contributed by atoms with Gasteiger partial charge in [0.1, 0.15) is 6.23 Å². The molecule has 2 heteroatoms. The average molecular weight is 191 g/mol. The Morgan fingerprint density at radius 2 is 2.00 bits per heavy atom. The second-order valence-corrected chi connectivity index (χ2v) is 3.77. The highest BCUT2D eigenvalue weighted by Crippen LogP contribution is 2.21. The molecule has 1 unspecified atom stereocenters. The van der Waals surface area contributed by atoms with Crippen molar-refractivity contribution < 1.29 is 4.74 Å². The third kappa shape index (κ3) is 2.07. The summed E-state index contributed by atoms with van der Waals surface area (Å²) in [5.41, 5.74) is 1.24. The molecule has 1 heterocycles. The van der Waals surface area contributed by atoms with Crippen LogP contribution < -0.4 is 4.90 Å². The lowest BCUT2D eigenvalue weighted by molar-refractivity contribution is 0.0174. The summed E-state index contributed by atoms with van der Waals surface area (Å²) in [5.74, 6) is 0. The smallest absolute Gasteiger partial charge is 0.129 e. The highest BCUT2D eigenvalue weighted by molar-refractivity contribution is 5.45. The van der Waals surface area contributed by atoms with Gasteiger partial charge in [-0.25, -0.2) is 0 Å². The van der Waals surface area contributed by atoms with Crippen LogP contribution in [0.25, 0.3) is 0 Å². The number of ether oxygens (including phenoxy) is 1. The van der Waals surface area contributed by atoms with Gasteiger partial charge < -0.3 is 9.64 Å². The number of nitrogens with zero attached hydrogens (tertiary/aromatic N) is 1. The molecule has 1 fully saturated rings. The molecule has 0 radical (unpaired) electrons. The molecule has 1 atom stereocenters. The second kappa shape index (κ2) is 4.47. The van der Waals surface area contributed by atoms with Crippen molar-refractivity contribution in [3.63, 3.8) is 0 Å². The molecule has 1 saturated heterocycles. The molecule has 2 nitrogen and oxygen atoms in total. The van der Waals surface area contributed by atoms with Gasteiger partial charge in [-0.05, 0) is 31.4 Å². The molecule has 0 saturated carbocycles.